The molecule has 0 amide bonds. The second kappa shape index (κ2) is 3.81. The average molecular weight is 152 g/mol. The second-order valence-corrected chi connectivity index (χ2v) is 2.34. The van der Waals surface area contributed by atoms with Crippen molar-refractivity contribution in [1.29, 1.82) is 0 Å². The molecule has 0 saturated carbocycles. The number of anilines is 1. The topological polar surface area (TPSA) is 52.0 Å². The third-order valence-corrected chi connectivity index (χ3v) is 1.35. The molecule has 0 fully saturated rings. The van der Waals surface area contributed by atoms with E-state index in [1.807, 2.05) is 12.2 Å². The molecule has 1 aromatic rings. The Morgan fingerprint density at radius 1 is 1.73 bits per heavy atom. The molecule has 60 valence electrons. The van der Waals surface area contributed by atoms with Gasteiger partial charge >= 0.3 is 0 Å². The van der Waals surface area contributed by atoms with E-state index in [-0.39, 0.29) is 0 Å². The van der Waals surface area contributed by atoms with Crippen LogP contribution >= 0.6 is 0 Å². The molecule has 0 aliphatic carbocycles. The minimum absolute atomic E-state index is 0.595. The molecule has 3 nitrogen and oxygen atoms in total. The van der Waals surface area contributed by atoms with Gasteiger partial charge in [0.05, 0.1) is 11.9 Å². The summed E-state index contributed by atoms with van der Waals surface area (Å²) >= 11 is 0. The smallest absolute Gasteiger partial charge is 0.182 e. The molecule has 0 bridgehead atoms. The molecule has 1 aromatic heterocycles. The summed E-state index contributed by atoms with van der Waals surface area (Å²) in [6.45, 7) is 2.12. The van der Waals surface area contributed by atoms with Crippen molar-refractivity contribution in [3.63, 3.8) is 0 Å². The highest BCUT2D eigenvalue weighted by Crippen LogP contribution is 2.11. The van der Waals surface area contributed by atoms with Gasteiger partial charge in [0.25, 0.3) is 0 Å². The first kappa shape index (κ1) is 7.85. The van der Waals surface area contributed by atoms with Gasteiger partial charge in [0.1, 0.15) is 0 Å². The average Bonchev–Trinajstić information content (AvgIpc) is 2.37. The largest absolute Gasteiger partial charge is 0.394 e. The lowest BCUT2D eigenvalue weighted by Gasteiger charge is -1.85. The van der Waals surface area contributed by atoms with Crippen LogP contribution in [0.5, 0.6) is 0 Å². The fraction of sp³-hybridized carbons (Fsp3) is 0.375. The maximum Gasteiger partial charge on any atom is 0.182 e. The Morgan fingerprint density at radius 2 is 2.55 bits per heavy atom. The van der Waals surface area contributed by atoms with Gasteiger partial charge in [-0.15, -0.1) is 0 Å². The molecule has 2 N–H and O–H groups in total. The molecular formula is C8H12N2O. The van der Waals surface area contributed by atoms with E-state index in [9.17, 15) is 0 Å². The molecular weight excluding hydrogens is 140 g/mol. The number of rotatable bonds is 3. The van der Waals surface area contributed by atoms with Crippen molar-refractivity contribution in [3.05, 3.63) is 18.0 Å². The summed E-state index contributed by atoms with van der Waals surface area (Å²) in [7, 11) is 0. The molecule has 3 heteroatoms. The number of nitrogen functional groups attached to an aromatic ring is 1. The minimum atomic E-state index is 0.595. The number of hydrogen-bond acceptors (Lipinski definition) is 3. The molecule has 0 radical (unpaired) electrons. The first-order chi connectivity index (χ1) is 5.34. The SMILES string of the molecule is CCC/C=C/c1oncc1N. The van der Waals surface area contributed by atoms with Gasteiger partial charge in [-0.25, -0.2) is 0 Å². The van der Waals surface area contributed by atoms with E-state index in [1.165, 1.54) is 6.20 Å². The van der Waals surface area contributed by atoms with Crippen molar-refractivity contribution in [1.82, 2.24) is 5.16 Å². The van der Waals surface area contributed by atoms with Crippen molar-refractivity contribution < 1.29 is 4.52 Å². The quantitative estimate of drug-likeness (QED) is 0.721. The Kier molecular flexibility index (Phi) is 2.72. The summed E-state index contributed by atoms with van der Waals surface area (Å²) < 4.78 is 4.85. The van der Waals surface area contributed by atoms with E-state index in [2.05, 4.69) is 12.1 Å². The highest BCUT2D eigenvalue weighted by molar-refractivity contribution is 5.57. The predicted molar refractivity (Wildman–Crippen MR) is 44.9 cm³/mol. The van der Waals surface area contributed by atoms with E-state index in [4.69, 9.17) is 10.3 Å². The van der Waals surface area contributed by atoms with Crippen LogP contribution in [0.2, 0.25) is 0 Å². The van der Waals surface area contributed by atoms with Crippen LogP contribution in [-0.2, 0) is 0 Å². The summed E-state index contributed by atoms with van der Waals surface area (Å²) in [5.74, 6) is 0.651. The third-order valence-electron chi connectivity index (χ3n) is 1.35. The molecule has 11 heavy (non-hydrogen) atoms. The van der Waals surface area contributed by atoms with Crippen LogP contribution in [0.1, 0.15) is 25.5 Å². The summed E-state index contributed by atoms with van der Waals surface area (Å²) in [5.41, 5.74) is 6.11. The fourth-order valence-electron chi connectivity index (χ4n) is 0.740. The number of aromatic nitrogens is 1. The van der Waals surface area contributed by atoms with Gasteiger partial charge in [-0.3, -0.25) is 0 Å². The maximum atomic E-state index is 5.52. The molecule has 0 aliphatic heterocycles. The van der Waals surface area contributed by atoms with Gasteiger partial charge in [0, 0.05) is 0 Å². The lowest BCUT2D eigenvalue weighted by Crippen LogP contribution is -1.81. The van der Waals surface area contributed by atoms with Crippen LogP contribution in [0.4, 0.5) is 5.69 Å². The molecule has 0 aliphatic rings. The standard InChI is InChI=1S/C8H12N2O/c1-2-3-4-5-8-7(9)6-10-11-8/h4-6H,2-3,9H2,1H3/b5-4+. The van der Waals surface area contributed by atoms with E-state index in [0.29, 0.717) is 11.4 Å². The van der Waals surface area contributed by atoms with Crippen LogP contribution in [-0.4, -0.2) is 5.16 Å². The lowest BCUT2D eigenvalue weighted by molar-refractivity contribution is 0.413. The zero-order valence-corrected chi connectivity index (χ0v) is 6.58. The summed E-state index contributed by atoms with van der Waals surface area (Å²) in [4.78, 5) is 0. The van der Waals surface area contributed by atoms with Crippen molar-refractivity contribution in [2.24, 2.45) is 0 Å². The number of allylic oxidation sites excluding steroid dienone is 1. The van der Waals surface area contributed by atoms with Crippen molar-refractivity contribution >= 4 is 11.8 Å². The second-order valence-electron chi connectivity index (χ2n) is 2.34. The Labute approximate surface area is 65.9 Å². The maximum absolute atomic E-state index is 5.52. The highest BCUT2D eigenvalue weighted by atomic mass is 16.5. The molecule has 0 spiro atoms. The van der Waals surface area contributed by atoms with Gasteiger partial charge in [-0.05, 0) is 12.5 Å². The van der Waals surface area contributed by atoms with E-state index >= 15 is 0 Å². The van der Waals surface area contributed by atoms with E-state index in [0.717, 1.165) is 12.8 Å². The predicted octanol–water partition coefficient (Wildman–Crippen LogP) is 2.07. The Balaban J connectivity index is 2.56. The molecule has 1 rings (SSSR count). The number of nitrogens with zero attached hydrogens (tertiary/aromatic N) is 1. The third kappa shape index (κ3) is 2.11. The van der Waals surface area contributed by atoms with Crippen molar-refractivity contribution in [2.45, 2.75) is 19.8 Å². The van der Waals surface area contributed by atoms with Gasteiger partial charge < -0.3 is 10.3 Å². The Morgan fingerprint density at radius 3 is 3.09 bits per heavy atom. The van der Waals surface area contributed by atoms with E-state index in [1.54, 1.807) is 0 Å². The van der Waals surface area contributed by atoms with Crippen LogP contribution in [0.15, 0.2) is 16.8 Å². The zero-order valence-electron chi connectivity index (χ0n) is 6.58. The summed E-state index contributed by atoms with van der Waals surface area (Å²) in [5, 5.41) is 3.55. The summed E-state index contributed by atoms with van der Waals surface area (Å²) in [6, 6.07) is 0. The fourth-order valence-corrected chi connectivity index (χ4v) is 0.740. The van der Waals surface area contributed by atoms with Crippen molar-refractivity contribution in [3.8, 4) is 0 Å². The Hall–Kier alpha value is -1.25. The molecule has 0 unspecified atom stereocenters. The van der Waals surface area contributed by atoms with Gasteiger partial charge in [0.2, 0.25) is 0 Å². The van der Waals surface area contributed by atoms with Crippen LogP contribution in [0.3, 0.4) is 0 Å². The molecule has 0 aromatic carbocycles. The number of unbranched alkanes of at least 4 members (excludes halogenated alkanes) is 1. The normalized spacial score (nSPS) is 11.0. The van der Waals surface area contributed by atoms with Gasteiger partial charge in [0.15, 0.2) is 5.76 Å². The van der Waals surface area contributed by atoms with E-state index < -0.39 is 0 Å². The van der Waals surface area contributed by atoms with Crippen LogP contribution < -0.4 is 5.73 Å². The first-order valence-corrected chi connectivity index (χ1v) is 3.71. The molecule has 0 saturated heterocycles. The highest BCUT2D eigenvalue weighted by Gasteiger charge is 1.97. The van der Waals surface area contributed by atoms with Gasteiger partial charge in [-0.1, -0.05) is 24.6 Å². The van der Waals surface area contributed by atoms with Crippen LogP contribution in [0, 0.1) is 0 Å². The van der Waals surface area contributed by atoms with Crippen LogP contribution in [0.25, 0.3) is 6.08 Å². The van der Waals surface area contributed by atoms with Crippen molar-refractivity contribution in [2.75, 3.05) is 5.73 Å². The number of hydrogen-bond donors (Lipinski definition) is 1. The van der Waals surface area contributed by atoms with Gasteiger partial charge in [-0.2, -0.15) is 0 Å². The minimum Gasteiger partial charge on any atom is -0.394 e. The molecule has 0 atom stereocenters. The number of nitrogens with two attached hydrogens (primary N) is 1. The first-order valence-electron chi connectivity index (χ1n) is 3.71. The molecule has 1 heterocycles. The lowest BCUT2D eigenvalue weighted by atomic mass is 10.3. The zero-order chi connectivity index (χ0) is 8.10. The summed E-state index contributed by atoms with van der Waals surface area (Å²) in [6.07, 6.45) is 7.55. The monoisotopic (exact) mass is 152 g/mol. The Bertz CT molecular complexity index is 240.